The summed E-state index contributed by atoms with van der Waals surface area (Å²) in [6.07, 6.45) is 0.262. The van der Waals surface area contributed by atoms with E-state index in [0.29, 0.717) is 17.9 Å². The highest BCUT2D eigenvalue weighted by atomic mass is 79.9. The lowest BCUT2D eigenvalue weighted by molar-refractivity contribution is -0.115. The van der Waals surface area contributed by atoms with Crippen LogP contribution in [0.1, 0.15) is 24.2 Å². The van der Waals surface area contributed by atoms with Crippen molar-refractivity contribution in [2.75, 3.05) is 24.7 Å². The second kappa shape index (κ2) is 5.51. The Balaban J connectivity index is 1.83. The lowest BCUT2D eigenvalue weighted by Crippen LogP contribution is -2.50. The number of nitrogens with zero attached hydrogens (tertiary/aromatic N) is 2. The van der Waals surface area contributed by atoms with E-state index in [0.717, 1.165) is 17.6 Å². The Labute approximate surface area is 132 Å². The molecular formula is C15H17BrN2O3. The molecule has 1 aromatic rings. The summed E-state index contributed by atoms with van der Waals surface area (Å²) in [5.41, 5.74) is 1.17. The molecule has 1 saturated heterocycles. The predicted octanol–water partition coefficient (Wildman–Crippen LogP) is 2.05. The minimum atomic E-state index is -0.449. The molecule has 0 bridgehead atoms. The van der Waals surface area contributed by atoms with Crippen molar-refractivity contribution in [3.63, 3.8) is 0 Å². The Hall–Kier alpha value is -1.24. The van der Waals surface area contributed by atoms with Crippen LogP contribution in [0.3, 0.4) is 0 Å². The van der Waals surface area contributed by atoms with E-state index in [9.17, 15) is 9.59 Å². The number of halogens is 1. The Morgan fingerprint density at radius 2 is 1.90 bits per heavy atom. The van der Waals surface area contributed by atoms with Gasteiger partial charge in [-0.2, -0.15) is 0 Å². The number of ether oxygens (including phenoxy) is 1. The van der Waals surface area contributed by atoms with Gasteiger partial charge in [0.1, 0.15) is 0 Å². The first kappa shape index (κ1) is 14.7. The molecule has 21 heavy (non-hydrogen) atoms. The molecule has 2 aliphatic heterocycles. The topological polar surface area (TPSA) is 49.9 Å². The van der Waals surface area contributed by atoms with Crippen molar-refractivity contribution in [1.82, 2.24) is 4.90 Å². The molecule has 2 heterocycles. The second-order valence-electron chi connectivity index (χ2n) is 5.66. The van der Waals surface area contributed by atoms with Gasteiger partial charge in [0.15, 0.2) is 0 Å². The van der Waals surface area contributed by atoms with Gasteiger partial charge in [0.25, 0.3) is 5.78 Å². The van der Waals surface area contributed by atoms with E-state index in [-0.39, 0.29) is 12.2 Å². The lowest BCUT2D eigenvalue weighted by Gasteiger charge is -2.37. The number of carbonyl (C=O) groups is 2. The molecule has 112 valence electrons. The largest absolute Gasteiger partial charge is 0.373 e. The molecule has 0 saturated carbocycles. The van der Waals surface area contributed by atoms with Crippen molar-refractivity contribution in [1.29, 1.82) is 0 Å². The molecule has 3 rings (SSSR count). The maximum absolute atomic E-state index is 12.2. The third-order valence-corrected chi connectivity index (χ3v) is 4.26. The van der Waals surface area contributed by atoms with Crippen molar-refractivity contribution in [3.8, 4) is 0 Å². The molecule has 6 heteroatoms. The fourth-order valence-electron chi connectivity index (χ4n) is 3.01. The van der Waals surface area contributed by atoms with E-state index < -0.39 is 11.7 Å². The summed E-state index contributed by atoms with van der Waals surface area (Å²) in [4.78, 5) is 28.0. The molecule has 0 spiro atoms. The average Bonchev–Trinajstić information content (AvgIpc) is 2.63. The Morgan fingerprint density at radius 1 is 1.24 bits per heavy atom. The molecule has 0 aromatic heterocycles. The van der Waals surface area contributed by atoms with Crippen LogP contribution in [0, 0.1) is 0 Å². The molecule has 0 aliphatic carbocycles. The van der Waals surface area contributed by atoms with Gasteiger partial charge in [0, 0.05) is 17.6 Å². The van der Waals surface area contributed by atoms with Crippen LogP contribution in [0.25, 0.3) is 0 Å². The minimum Gasteiger partial charge on any atom is -0.373 e. The van der Waals surface area contributed by atoms with E-state index in [4.69, 9.17) is 4.74 Å². The molecule has 0 radical (unpaired) electrons. The van der Waals surface area contributed by atoms with Crippen LogP contribution in [0.4, 0.5) is 5.69 Å². The van der Waals surface area contributed by atoms with Crippen molar-refractivity contribution in [2.45, 2.75) is 26.1 Å². The standard InChI is InChI=1S/C15H17BrN2O3/c1-9-6-17(7-10(2)21-9)8-18-13-4-3-11(16)5-12(13)14(19)15(18)20/h3-5,9-10H,6-8H2,1-2H3/t9-,10-/m1/s1. The molecule has 5 nitrogen and oxygen atoms in total. The third kappa shape index (κ3) is 2.75. The summed E-state index contributed by atoms with van der Waals surface area (Å²) in [6.45, 7) is 5.98. The first-order chi connectivity index (χ1) is 9.95. The molecule has 2 aliphatic rings. The van der Waals surface area contributed by atoms with Gasteiger partial charge in [-0.3, -0.25) is 19.4 Å². The van der Waals surface area contributed by atoms with Crippen LogP contribution >= 0.6 is 15.9 Å². The predicted molar refractivity (Wildman–Crippen MR) is 82.4 cm³/mol. The second-order valence-corrected chi connectivity index (χ2v) is 6.57. The van der Waals surface area contributed by atoms with E-state index in [1.165, 1.54) is 0 Å². The van der Waals surface area contributed by atoms with Crippen LogP contribution in [-0.4, -0.2) is 48.6 Å². The minimum absolute atomic E-state index is 0.131. The zero-order chi connectivity index (χ0) is 15.1. The van der Waals surface area contributed by atoms with Gasteiger partial charge in [-0.05, 0) is 32.0 Å². The van der Waals surface area contributed by atoms with Crippen molar-refractivity contribution in [3.05, 3.63) is 28.2 Å². The molecule has 1 aromatic carbocycles. The van der Waals surface area contributed by atoms with Gasteiger partial charge in [-0.15, -0.1) is 0 Å². The highest BCUT2D eigenvalue weighted by molar-refractivity contribution is 9.10. The van der Waals surface area contributed by atoms with Crippen molar-refractivity contribution >= 4 is 33.3 Å². The average molecular weight is 353 g/mol. The zero-order valence-corrected chi connectivity index (χ0v) is 13.6. The smallest absolute Gasteiger partial charge is 0.300 e. The molecular weight excluding hydrogens is 336 g/mol. The summed E-state index contributed by atoms with van der Waals surface area (Å²) in [7, 11) is 0. The summed E-state index contributed by atoms with van der Waals surface area (Å²) in [6, 6.07) is 5.37. The highest BCUT2D eigenvalue weighted by Gasteiger charge is 2.37. The number of carbonyl (C=O) groups excluding carboxylic acids is 2. The summed E-state index contributed by atoms with van der Waals surface area (Å²) in [5, 5.41) is 0. The molecule has 1 fully saturated rings. The number of ketones is 1. The quantitative estimate of drug-likeness (QED) is 0.764. The first-order valence-corrected chi connectivity index (χ1v) is 7.78. The summed E-state index contributed by atoms with van der Waals surface area (Å²) >= 11 is 3.34. The molecule has 1 amide bonds. The van der Waals surface area contributed by atoms with Crippen molar-refractivity contribution in [2.24, 2.45) is 0 Å². The maximum atomic E-state index is 12.2. The number of amides is 1. The lowest BCUT2D eigenvalue weighted by atomic mass is 10.1. The maximum Gasteiger partial charge on any atom is 0.300 e. The molecule has 2 atom stereocenters. The van der Waals surface area contributed by atoms with Gasteiger partial charge >= 0.3 is 5.91 Å². The fraction of sp³-hybridized carbons (Fsp3) is 0.467. The summed E-state index contributed by atoms with van der Waals surface area (Å²) in [5.74, 6) is -0.879. The number of Topliss-reactive ketones (excluding diaryl/α,β-unsaturated/α-hetero) is 1. The third-order valence-electron chi connectivity index (χ3n) is 3.77. The van der Waals surface area contributed by atoms with Gasteiger partial charge < -0.3 is 4.74 Å². The Kier molecular flexibility index (Phi) is 3.86. The van der Waals surface area contributed by atoms with Crippen LogP contribution in [0.2, 0.25) is 0 Å². The number of hydrogen-bond donors (Lipinski definition) is 0. The summed E-state index contributed by atoms with van der Waals surface area (Å²) < 4.78 is 6.50. The number of hydrogen-bond acceptors (Lipinski definition) is 4. The van der Waals surface area contributed by atoms with Gasteiger partial charge in [-0.1, -0.05) is 15.9 Å². The number of anilines is 1. The van der Waals surface area contributed by atoms with E-state index >= 15 is 0 Å². The van der Waals surface area contributed by atoms with E-state index in [1.54, 1.807) is 11.0 Å². The molecule has 0 unspecified atom stereocenters. The Morgan fingerprint density at radius 3 is 2.57 bits per heavy atom. The number of rotatable bonds is 2. The Bertz CT molecular complexity index is 595. The fourth-order valence-corrected chi connectivity index (χ4v) is 3.37. The highest BCUT2D eigenvalue weighted by Crippen LogP contribution is 2.31. The van der Waals surface area contributed by atoms with Gasteiger partial charge in [0.2, 0.25) is 0 Å². The van der Waals surface area contributed by atoms with Crippen molar-refractivity contribution < 1.29 is 14.3 Å². The number of morpholine rings is 1. The van der Waals surface area contributed by atoms with Crippen LogP contribution in [-0.2, 0) is 9.53 Å². The van der Waals surface area contributed by atoms with Gasteiger partial charge in [-0.25, -0.2) is 0 Å². The monoisotopic (exact) mass is 352 g/mol. The number of benzene rings is 1. The van der Waals surface area contributed by atoms with Crippen LogP contribution in [0.15, 0.2) is 22.7 Å². The SMILES string of the molecule is C[C@@H]1CN(CN2C(=O)C(=O)c3cc(Br)ccc32)C[C@@H](C)O1. The zero-order valence-electron chi connectivity index (χ0n) is 12.0. The normalized spacial score (nSPS) is 26.3. The van der Waals surface area contributed by atoms with E-state index in [2.05, 4.69) is 20.8 Å². The van der Waals surface area contributed by atoms with Crippen LogP contribution in [0.5, 0.6) is 0 Å². The van der Waals surface area contributed by atoms with E-state index in [1.807, 2.05) is 26.0 Å². The van der Waals surface area contributed by atoms with Crippen LogP contribution < -0.4 is 4.90 Å². The number of fused-ring (bicyclic) bond motifs is 1. The first-order valence-electron chi connectivity index (χ1n) is 6.99. The van der Waals surface area contributed by atoms with Gasteiger partial charge in [0.05, 0.1) is 30.1 Å². The molecule has 0 N–H and O–H groups in total.